The molecule has 0 aliphatic heterocycles. The van der Waals surface area contributed by atoms with Crippen molar-refractivity contribution in [2.45, 2.75) is 129 Å². The Morgan fingerprint density at radius 1 is 0.556 bits per heavy atom. The molecule has 0 spiro atoms. The van der Waals surface area contributed by atoms with Gasteiger partial charge in [0, 0.05) is 6.04 Å². The summed E-state index contributed by atoms with van der Waals surface area (Å²) in [5, 5.41) is 0. The van der Waals surface area contributed by atoms with E-state index in [0.717, 1.165) is 12.5 Å². The number of rotatable bonds is 20. The largest absolute Gasteiger partial charge is 0.306 e. The van der Waals surface area contributed by atoms with Gasteiger partial charge in [-0.1, -0.05) is 102 Å². The summed E-state index contributed by atoms with van der Waals surface area (Å²) in [5.41, 5.74) is 0. The van der Waals surface area contributed by atoms with E-state index in [9.17, 15) is 0 Å². The Balaban J connectivity index is 3.47. The van der Waals surface area contributed by atoms with Crippen LogP contribution < -0.4 is 0 Å². The molecule has 0 saturated carbocycles. The normalized spacial score (nSPS) is 13.4. The fourth-order valence-electron chi connectivity index (χ4n) is 3.66. The number of allylic oxidation sites excluding steroid dienone is 4. The summed E-state index contributed by atoms with van der Waals surface area (Å²) in [6, 6.07) is 0.805. The van der Waals surface area contributed by atoms with Crippen molar-refractivity contribution >= 4 is 0 Å². The van der Waals surface area contributed by atoms with E-state index in [1.54, 1.807) is 0 Å². The minimum absolute atomic E-state index is 0.805. The third-order valence-electron chi connectivity index (χ3n) is 5.61. The summed E-state index contributed by atoms with van der Waals surface area (Å²) in [6.45, 7) is 4.56. The molecule has 1 heteroatoms. The number of hydrogen-bond acceptors (Lipinski definition) is 1. The maximum absolute atomic E-state index is 2.45. The molecule has 0 amide bonds. The molecule has 0 aliphatic rings. The number of unbranched alkanes of at least 4 members (excludes halogenated alkanes) is 11. The van der Waals surface area contributed by atoms with Crippen LogP contribution in [0.3, 0.4) is 0 Å². The Bertz CT molecular complexity index is 329. The van der Waals surface area contributed by atoms with Crippen LogP contribution in [0.15, 0.2) is 24.3 Å². The molecule has 0 N–H and O–H groups in total. The third-order valence-corrected chi connectivity index (χ3v) is 5.61. The van der Waals surface area contributed by atoms with Gasteiger partial charge in [0.1, 0.15) is 0 Å². The van der Waals surface area contributed by atoms with E-state index in [1.165, 1.54) is 103 Å². The zero-order chi connectivity index (χ0) is 20.0. The van der Waals surface area contributed by atoms with Crippen LogP contribution in [0.4, 0.5) is 0 Å². The number of hydrogen-bond donors (Lipinski definition) is 0. The van der Waals surface area contributed by atoms with Crippen LogP contribution in [-0.2, 0) is 0 Å². The number of nitrogens with zero attached hydrogens (tertiary/aromatic N) is 1. The molecule has 1 nitrogen and oxygen atoms in total. The van der Waals surface area contributed by atoms with Crippen molar-refractivity contribution in [3.8, 4) is 0 Å². The van der Waals surface area contributed by atoms with Gasteiger partial charge in [-0.2, -0.15) is 0 Å². The monoisotopic (exact) mass is 377 g/mol. The lowest BCUT2D eigenvalue weighted by atomic mass is 10.00. The molecular formula is C26H51N. The Labute approximate surface area is 172 Å². The highest BCUT2D eigenvalue weighted by atomic mass is 15.1. The minimum atomic E-state index is 0.805. The Morgan fingerprint density at radius 3 is 1.56 bits per heavy atom. The van der Waals surface area contributed by atoms with Crippen LogP contribution in [0.5, 0.6) is 0 Å². The highest BCUT2D eigenvalue weighted by Gasteiger charge is 2.10. The molecule has 0 heterocycles. The zero-order valence-electron chi connectivity index (χ0n) is 19.4. The van der Waals surface area contributed by atoms with Gasteiger partial charge in [-0.05, 0) is 59.0 Å². The first-order valence-corrected chi connectivity index (χ1v) is 12.2. The van der Waals surface area contributed by atoms with Crippen LogP contribution in [0.25, 0.3) is 0 Å². The fraction of sp³-hybridized carbons (Fsp3) is 0.846. The van der Waals surface area contributed by atoms with E-state index in [4.69, 9.17) is 0 Å². The molecule has 0 aromatic rings. The lowest BCUT2D eigenvalue weighted by molar-refractivity contribution is 0.251. The van der Waals surface area contributed by atoms with Gasteiger partial charge in [0.25, 0.3) is 0 Å². The first-order chi connectivity index (χ1) is 13.2. The van der Waals surface area contributed by atoms with Crippen molar-refractivity contribution in [1.29, 1.82) is 0 Å². The summed E-state index contributed by atoms with van der Waals surface area (Å²) in [7, 11) is 4.52. The molecule has 0 aliphatic carbocycles. The lowest BCUT2D eigenvalue weighted by Crippen LogP contribution is -2.27. The van der Waals surface area contributed by atoms with Gasteiger partial charge in [0.05, 0.1) is 0 Å². The van der Waals surface area contributed by atoms with E-state index >= 15 is 0 Å². The molecule has 0 saturated heterocycles. The van der Waals surface area contributed by atoms with Crippen molar-refractivity contribution < 1.29 is 0 Å². The van der Waals surface area contributed by atoms with Gasteiger partial charge in [-0.3, -0.25) is 0 Å². The topological polar surface area (TPSA) is 3.24 Å². The van der Waals surface area contributed by atoms with Crippen LogP contribution >= 0.6 is 0 Å². The van der Waals surface area contributed by atoms with Crippen LogP contribution in [0.1, 0.15) is 123 Å². The quantitative estimate of drug-likeness (QED) is 0.151. The van der Waals surface area contributed by atoms with Gasteiger partial charge >= 0.3 is 0 Å². The van der Waals surface area contributed by atoms with Gasteiger partial charge in [0.2, 0.25) is 0 Å². The minimum Gasteiger partial charge on any atom is -0.306 e. The third kappa shape index (κ3) is 20.0. The summed E-state index contributed by atoms with van der Waals surface area (Å²) in [4.78, 5) is 2.45. The van der Waals surface area contributed by atoms with Crippen LogP contribution in [-0.4, -0.2) is 25.0 Å². The molecule has 0 aromatic heterocycles. The highest BCUT2D eigenvalue weighted by molar-refractivity contribution is 4.92. The molecule has 0 aromatic carbocycles. The molecule has 0 bridgehead atoms. The fourth-order valence-corrected chi connectivity index (χ4v) is 3.66. The lowest BCUT2D eigenvalue weighted by Gasteiger charge is -2.24. The SMILES string of the molecule is CCCCC/C=C\C/C=C\CCCCCCCC(CCCCCC)N(C)C. The van der Waals surface area contributed by atoms with Crippen molar-refractivity contribution in [3.63, 3.8) is 0 Å². The molecule has 1 atom stereocenters. The van der Waals surface area contributed by atoms with Crippen LogP contribution in [0.2, 0.25) is 0 Å². The van der Waals surface area contributed by atoms with Gasteiger partial charge < -0.3 is 4.90 Å². The van der Waals surface area contributed by atoms with E-state index in [1.807, 2.05) is 0 Å². The van der Waals surface area contributed by atoms with Crippen molar-refractivity contribution in [2.24, 2.45) is 0 Å². The molecular weight excluding hydrogens is 326 g/mol. The van der Waals surface area contributed by atoms with Crippen LogP contribution in [0, 0.1) is 0 Å². The predicted octanol–water partition coefficient (Wildman–Crippen LogP) is 8.70. The highest BCUT2D eigenvalue weighted by Crippen LogP contribution is 2.16. The smallest absolute Gasteiger partial charge is 0.00891 e. The Morgan fingerprint density at radius 2 is 1.00 bits per heavy atom. The van der Waals surface area contributed by atoms with E-state index in [0.29, 0.717) is 0 Å². The van der Waals surface area contributed by atoms with Gasteiger partial charge in [-0.25, -0.2) is 0 Å². The Kier molecular flexibility index (Phi) is 21.3. The molecule has 27 heavy (non-hydrogen) atoms. The van der Waals surface area contributed by atoms with E-state index in [-0.39, 0.29) is 0 Å². The average molecular weight is 378 g/mol. The zero-order valence-corrected chi connectivity index (χ0v) is 19.4. The maximum Gasteiger partial charge on any atom is 0.00891 e. The summed E-state index contributed by atoms with van der Waals surface area (Å²) >= 11 is 0. The first kappa shape index (κ1) is 26.4. The molecule has 160 valence electrons. The van der Waals surface area contributed by atoms with Crippen molar-refractivity contribution in [2.75, 3.05) is 14.1 Å². The standard InChI is InChI=1S/C26H51N/c1-5-7-9-11-12-13-14-15-16-17-18-19-20-21-23-25-26(27(3)4)24-22-10-8-6-2/h12-13,15-16,26H,5-11,14,17-25H2,1-4H3/b13-12-,16-15-. The van der Waals surface area contributed by atoms with Gasteiger partial charge in [0.15, 0.2) is 0 Å². The second-order valence-corrected chi connectivity index (χ2v) is 8.49. The summed E-state index contributed by atoms with van der Waals surface area (Å²) in [6.07, 6.45) is 32.5. The van der Waals surface area contributed by atoms with E-state index < -0.39 is 0 Å². The summed E-state index contributed by atoms with van der Waals surface area (Å²) < 4.78 is 0. The maximum atomic E-state index is 2.45. The molecule has 0 radical (unpaired) electrons. The average Bonchev–Trinajstić information content (AvgIpc) is 2.66. The van der Waals surface area contributed by atoms with E-state index in [2.05, 4.69) is 57.1 Å². The molecule has 0 fully saturated rings. The van der Waals surface area contributed by atoms with Crippen molar-refractivity contribution in [1.82, 2.24) is 4.90 Å². The molecule has 0 rings (SSSR count). The van der Waals surface area contributed by atoms with Gasteiger partial charge in [-0.15, -0.1) is 0 Å². The molecule has 1 unspecified atom stereocenters. The van der Waals surface area contributed by atoms with Crippen molar-refractivity contribution in [3.05, 3.63) is 24.3 Å². The summed E-state index contributed by atoms with van der Waals surface area (Å²) in [5.74, 6) is 0. The predicted molar refractivity (Wildman–Crippen MR) is 126 cm³/mol. The second kappa shape index (κ2) is 21.7. The Hall–Kier alpha value is -0.560. The first-order valence-electron chi connectivity index (χ1n) is 12.2. The second-order valence-electron chi connectivity index (χ2n) is 8.49.